The van der Waals surface area contributed by atoms with Crippen LogP contribution in [0.25, 0.3) is 11.3 Å². The average Bonchev–Trinajstić information content (AvgIpc) is 3.20. The maximum atomic E-state index is 12.3. The lowest BCUT2D eigenvalue weighted by Crippen LogP contribution is -2.30. The van der Waals surface area contributed by atoms with Gasteiger partial charge in [0, 0.05) is 29.0 Å². The van der Waals surface area contributed by atoms with Crippen LogP contribution in [0, 0.1) is 5.92 Å². The van der Waals surface area contributed by atoms with Crippen LogP contribution in [0.2, 0.25) is 0 Å². The Kier molecular flexibility index (Phi) is 5.57. The first kappa shape index (κ1) is 19.1. The second-order valence-electron chi connectivity index (χ2n) is 6.90. The Labute approximate surface area is 172 Å². The number of carbonyl (C=O) groups is 2. The summed E-state index contributed by atoms with van der Waals surface area (Å²) in [7, 11) is 1.63. The Morgan fingerprint density at radius 3 is 2.83 bits per heavy atom. The molecule has 0 spiro atoms. The van der Waals surface area contributed by atoms with E-state index in [0.717, 1.165) is 28.3 Å². The monoisotopic (exact) mass is 407 g/mol. The quantitative estimate of drug-likeness (QED) is 0.637. The maximum Gasteiger partial charge on any atom is 0.227 e. The number of nitrogens with zero attached hydrogens (tertiary/aromatic N) is 1. The van der Waals surface area contributed by atoms with Crippen molar-refractivity contribution in [3.63, 3.8) is 0 Å². The molecule has 2 heterocycles. The summed E-state index contributed by atoms with van der Waals surface area (Å²) in [5.41, 5.74) is 3.74. The van der Waals surface area contributed by atoms with Gasteiger partial charge in [-0.3, -0.25) is 9.59 Å². The molecule has 0 fully saturated rings. The van der Waals surface area contributed by atoms with Crippen LogP contribution in [0.4, 0.5) is 10.8 Å². The predicted molar refractivity (Wildman–Crippen MR) is 114 cm³/mol. The third kappa shape index (κ3) is 4.46. The standard InChI is InChI=1S/C22H21N3O3S/c1-28-17-9-6-14(7-10-17)19-13-29-22(24-19)25-20(26)11-8-16-12-15-4-2-3-5-18(15)23-21(16)27/h2-7,9-10,13,16H,8,11-12H2,1H3,(H,23,27)(H,24,25,26). The zero-order valence-corrected chi connectivity index (χ0v) is 16.8. The third-order valence-corrected chi connectivity index (χ3v) is 5.73. The Morgan fingerprint density at radius 1 is 1.24 bits per heavy atom. The van der Waals surface area contributed by atoms with Crippen molar-refractivity contribution >= 4 is 34.0 Å². The van der Waals surface area contributed by atoms with Crippen LogP contribution in [-0.4, -0.2) is 23.9 Å². The van der Waals surface area contributed by atoms with Crippen LogP contribution >= 0.6 is 11.3 Å². The molecule has 0 aliphatic carbocycles. The smallest absolute Gasteiger partial charge is 0.227 e. The van der Waals surface area contributed by atoms with E-state index in [1.54, 1.807) is 7.11 Å². The van der Waals surface area contributed by atoms with Gasteiger partial charge in [-0.25, -0.2) is 4.98 Å². The molecule has 0 saturated carbocycles. The Morgan fingerprint density at radius 2 is 2.03 bits per heavy atom. The second kappa shape index (κ2) is 8.45. The molecule has 148 valence electrons. The van der Waals surface area contributed by atoms with Gasteiger partial charge < -0.3 is 15.4 Å². The van der Waals surface area contributed by atoms with E-state index in [4.69, 9.17) is 4.74 Å². The highest BCUT2D eigenvalue weighted by Gasteiger charge is 2.26. The summed E-state index contributed by atoms with van der Waals surface area (Å²) in [6.45, 7) is 0. The maximum absolute atomic E-state index is 12.3. The molecular formula is C22H21N3O3S. The molecule has 7 heteroatoms. The summed E-state index contributed by atoms with van der Waals surface area (Å²) < 4.78 is 5.16. The summed E-state index contributed by atoms with van der Waals surface area (Å²) in [5.74, 6) is 0.438. The number of benzene rings is 2. The number of anilines is 2. The van der Waals surface area contributed by atoms with Gasteiger partial charge in [0.1, 0.15) is 5.75 Å². The first-order valence-electron chi connectivity index (χ1n) is 9.41. The lowest BCUT2D eigenvalue weighted by Gasteiger charge is -2.24. The molecule has 0 radical (unpaired) electrons. The molecule has 1 atom stereocenters. The highest BCUT2D eigenvalue weighted by molar-refractivity contribution is 7.14. The van der Waals surface area contributed by atoms with Gasteiger partial charge >= 0.3 is 0 Å². The lowest BCUT2D eigenvalue weighted by molar-refractivity contribution is -0.121. The number of nitrogens with one attached hydrogen (secondary N) is 2. The molecule has 4 rings (SSSR count). The van der Waals surface area contributed by atoms with Crippen molar-refractivity contribution in [2.45, 2.75) is 19.3 Å². The van der Waals surface area contributed by atoms with Crippen LogP contribution in [0.1, 0.15) is 18.4 Å². The van der Waals surface area contributed by atoms with Gasteiger partial charge in [-0.2, -0.15) is 0 Å². The number of thiazole rings is 1. The van der Waals surface area contributed by atoms with E-state index in [9.17, 15) is 9.59 Å². The number of fused-ring (bicyclic) bond motifs is 1. The molecule has 29 heavy (non-hydrogen) atoms. The minimum atomic E-state index is -0.193. The number of ether oxygens (including phenoxy) is 1. The zero-order valence-electron chi connectivity index (χ0n) is 16.0. The summed E-state index contributed by atoms with van der Waals surface area (Å²) >= 11 is 1.38. The van der Waals surface area contributed by atoms with Crippen molar-refractivity contribution in [3.8, 4) is 17.0 Å². The molecule has 2 amide bonds. The predicted octanol–water partition coefficient (Wildman–Crippen LogP) is 4.35. The molecule has 1 aliphatic rings. The molecule has 2 aromatic carbocycles. The van der Waals surface area contributed by atoms with Crippen molar-refractivity contribution in [2.24, 2.45) is 5.92 Å². The topological polar surface area (TPSA) is 80.3 Å². The van der Waals surface area contributed by atoms with Crippen molar-refractivity contribution in [3.05, 3.63) is 59.5 Å². The highest BCUT2D eigenvalue weighted by atomic mass is 32.1. The van der Waals surface area contributed by atoms with E-state index in [-0.39, 0.29) is 24.2 Å². The molecule has 0 saturated heterocycles. The van der Waals surface area contributed by atoms with Gasteiger partial charge in [-0.15, -0.1) is 11.3 Å². The van der Waals surface area contributed by atoms with E-state index in [2.05, 4.69) is 15.6 Å². The van der Waals surface area contributed by atoms with E-state index in [1.165, 1.54) is 11.3 Å². The van der Waals surface area contributed by atoms with Gasteiger partial charge in [0.2, 0.25) is 11.8 Å². The number of amides is 2. The van der Waals surface area contributed by atoms with Crippen molar-refractivity contribution in [1.29, 1.82) is 0 Å². The van der Waals surface area contributed by atoms with Crippen LogP contribution in [0.15, 0.2) is 53.9 Å². The number of methoxy groups -OCH3 is 1. The van der Waals surface area contributed by atoms with E-state index in [0.29, 0.717) is 18.0 Å². The van der Waals surface area contributed by atoms with Gasteiger partial charge in [0.25, 0.3) is 0 Å². The van der Waals surface area contributed by atoms with Crippen LogP contribution in [0.3, 0.4) is 0 Å². The molecule has 2 N–H and O–H groups in total. The van der Waals surface area contributed by atoms with Crippen LogP contribution in [0.5, 0.6) is 5.75 Å². The number of hydrogen-bond donors (Lipinski definition) is 2. The van der Waals surface area contributed by atoms with Gasteiger partial charge in [0.15, 0.2) is 5.13 Å². The summed E-state index contributed by atoms with van der Waals surface area (Å²) in [5, 5.41) is 8.22. The fraction of sp³-hybridized carbons (Fsp3) is 0.227. The van der Waals surface area contributed by atoms with Crippen LogP contribution in [-0.2, 0) is 16.0 Å². The number of carbonyl (C=O) groups excluding carboxylic acids is 2. The number of para-hydroxylation sites is 1. The van der Waals surface area contributed by atoms with Crippen molar-refractivity contribution < 1.29 is 14.3 Å². The Bertz CT molecular complexity index is 1030. The summed E-state index contributed by atoms with van der Waals surface area (Å²) in [4.78, 5) is 29.1. The number of rotatable bonds is 6. The highest BCUT2D eigenvalue weighted by Crippen LogP contribution is 2.29. The molecule has 6 nitrogen and oxygen atoms in total. The van der Waals surface area contributed by atoms with Crippen LogP contribution < -0.4 is 15.4 Å². The Hall–Kier alpha value is -3.19. The number of hydrogen-bond acceptors (Lipinski definition) is 5. The first-order valence-corrected chi connectivity index (χ1v) is 10.3. The minimum Gasteiger partial charge on any atom is -0.497 e. The molecular weight excluding hydrogens is 386 g/mol. The lowest BCUT2D eigenvalue weighted by atomic mass is 9.89. The Balaban J connectivity index is 1.32. The van der Waals surface area contributed by atoms with E-state index >= 15 is 0 Å². The summed E-state index contributed by atoms with van der Waals surface area (Å²) in [6.07, 6.45) is 1.44. The van der Waals surface area contributed by atoms with Gasteiger partial charge in [-0.05, 0) is 48.7 Å². The van der Waals surface area contributed by atoms with E-state index < -0.39 is 0 Å². The SMILES string of the molecule is COc1ccc(-c2csc(NC(=O)CCC3Cc4ccccc4NC3=O)n2)cc1. The molecule has 3 aromatic rings. The first-order chi connectivity index (χ1) is 14.1. The molecule has 1 aliphatic heterocycles. The normalized spacial score (nSPS) is 15.3. The van der Waals surface area contributed by atoms with Gasteiger partial charge in [0.05, 0.1) is 12.8 Å². The molecule has 0 bridgehead atoms. The molecule has 1 unspecified atom stereocenters. The van der Waals surface area contributed by atoms with Gasteiger partial charge in [-0.1, -0.05) is 18.2 Å². The van der Waals surface area contributed by atoms with E-state index in [1.807, 2.05) is 53.9 Å². The zero-order chi connectivity index (χ0) is 20.2. The fourth-order valence-corrected chi connectivity index (χ4v) is 4.09. The third-order valence-electron chi connectivity index (χ3n) is 4.97. The molecule has 1 aromatic heterocycles. The average molecular weight is 407 g/mol. The van der Waals surface area contributed by atoms with Crippen molar-refractivity contribution in [2.75, 3.05) is 17.7 Å². The largest absolute Gasteiger partial charge is 0.497 e. The summed E-state index contributed by atoms with van der Waals surface area (Å²) in [6, 6.07) is 15.4. The second-order valence-corrected chi connectivity index (χ2v) is 7.76. The minimum absolute atomic E-state index is 0.0208. The fourth-order valence-electron chi connectivity index (χ4n) is 3.36. The van der Waals surface area contributed by atoms with Crippen molar-refractivity contribution in [1.82, 2.24) is 4.98 Å². The number of aromatic nitrogens is 1.